The molecule has 5 nitrogen and oxygen atoms in total. The highest BCUT2D eigenvalue weighted by Crippen LogP contribution is 2.32. The number of thioether (sulfide) groups is 1. The average molecular weight is 394 g/mol. The monoisotopic (exact) mass is 393 g/mol. The number of hydrogen-bond acceptors (Lipinski definition) is 5. The van der Waals surface area contributed by atoms with E-state index >= 15 is 0 Å². The van der Waals surface area contributed by atoms with Crippen molar-refractivity contribution in [3.8, 4) is 11.5 Å². The van der Waals surface area contributed by atoms with Crippen LogP contribution in [0.5, 0.6) is 11.5 Å². The van der Waals surface area contributed by atoms with Crippen LogP contribution in [0.15, 0.2) is 46.5 Å². The van der Waals surface area contributed by atoms with Crippen LogP contribution < -0.4 is 14.9 Å². The zero-order chi connectivity index (χ0) is 17.2. The van der Waals surface area contributed by atoms with Crippen molar-refractivity contribution in [1.29, 1.82) is 0 Å². The molecule has 128 valence electrons. The molecular formula is C17H13Cl2N3O2S. The molecule has 0 amide bonds. The Morgan fingerprint density at radius 3 is 2.76 bits per heavy atom. The summed E-state index contributed by atoms with van der Waals surface area (Å²) in [7, 11) is 0. The minimum Gasteiger partial charge on any atom is -0.454 e. The van der Waals surface area contributed by atoms with Gasteiger partial charge in [0.25, 0.3) is 0 Å². The highest BCUT2D eigenvalue weighted by Gasteiger charge is 2.15. The lowest BCUT2D eigenvalue weighted by Gasteiger charge is -2.15. The Labute approximate surface area is 159 Å². The van der Waals surface area contributed by atoms with E-state index < -0.39 is 0 Å². The van der Waals surface area contributed by atoms with Crippen LogP contribution in [0, 0.1) is 0 Å². The van der Waals surface area contributed by atoms with Crippen molar-refractivity contribution in [2.24, 2.45) is 10.1 Å². The largest absolute Gasteiger partial charge is 0.454 e. The Kier molecular flexibility index (Phi) is 4.74. The van der Waals surface area contributed by atoms with E-state index in [0.717, 1.165) is 33.5 Å². The van der Waals surface area contributed by atoms with Crippen molar-refractivity contribution < 1.29 is 9.47 Å². The lowest BCUT2D eigenvalue weighted by Crippen LogP contribution is -2.25. The number of nitrogens with zero attached hydrogens (tertiary/aromatic N) is 2. The van der Waals surface area contributed by atoms with Gasteiger partial charge >= 0.3 is 0 Å². The van der Waals surface area contributed by atoms with Crippen molar-refractivity contribution in [2.75, 3.05) is 12.5 Å². The molecule has 0 unspecified atom stereocenters. The first-order valence-corrected chi connectivity index (χ1v) is 9.27. The summed E-state index contributed by atoms with van der Waals surface area (Å²) < 4.78 is 10.7. The summed E-state index contributed by atoms with van der Waals surface area (Å²) in [6.45, 7) is 0.820. The summed E-state index contributed by atoms with van der Waals surface area (Å²) in [5, 5.41) is 6.23. The van der Waals surface area contributed by atoms with Crippen molar-refractivity contribution in [2.45, 2.75) is 6.54 Å². The van der Waals surface area contributed by atoms with Crippen LogP contribution in [0.25, 0.3) is 0 Å². The number of benzene rings is 2. The topological polar surface area (TPSA) is 55.2 Å². The fraction of sp³-hybridized carbons (Fsp3) is 0.176. The first-order chi connectivity index (χ1) is 12.2. The normalized spacial score (nSPS) is 17.4. The molecule has 0 aliphatic carbocycles. The van der Waals surface area contributed by atoms with Gasteiger partial charge < -0.3 is 9.47 Å². The summed E-state index contributed by atoms with van der Waals surface area (Å²) in [5.41, 5.74) is 5.90. The Morgan fingerprint density at radius 2 is 1.96 bits per heavy atom. The number of aliphatic imine (C=N–C) groups is 1. The van der Waals surface area contributed by atoms with E-state index in [2.05, 4.69) is 15.5 Å². The van der Waals surface area contributed by atoms with Gasteiger partial charge in [-0.15, -0.1) is 0 Å². The van der Waals surface area contributed by atoms with Crippen LogP contribution in [0.3, 0.4) is 0 Å². The summed E-state index contributed by atoms with van der Waals surface area (Å²) in [4.78, 5) is 4.56. The molecule has 0 atom stereocenters. The summed E-state index contributed by atoms with van der Waals surface area (Å²) in [6, 6.07) is 11.3. The molecule has 2 heterocycles. The number of amidine groups is 1. The number of fused-ring (bicyclic) bond motifs is 1. The first kappa shape index (κ1) is 16.6. The highest BCUT2D eigenvalue weighted by molar-refractivity contribution is 8.14. The molecule has 25 heavy (non-hydrogen) atoms. The number of hydrazone groups is 1. The second-order valence-electron chi connectivity index (χ2n) is 5.40. The van der Waals surface area contributed by atoms with Gasteiger partial charge in [0.15, 0.2) is 16.7 Å². The van der Waals surface area contributed by atoms with Crippen molar-refractivity contribution in [1.82, 2.24) is 5.43 Å². The van der Waals surface area contributed by atoms with Gasteiger partial charge in [0, 0.05) is 11.3 Å². The van der Waals surface area contributed by atoms with Gasteiger partial charge in [-0.25, -0.2) is 0 Å². The van der Waals surface area contributed by atoms with Gasteiger partial charge in [-0.1, -0.05) is 47.1 Å². The third kappa shape index (κ3) is 3.71. The molecule has 0 saturated heterocycles. The lowest BCUT2D eigenvalue weighted by molar-refractivity contribution is 0.174. The molecule has 0 saturated carbocycles. The Hall–Kier alpha value is -1.89. The summed E-state index contributed by atoms with van der Waals surface area (Å²) in [5.74, 6) is 2.25. The van der Waals surface area contributed by atoms with Gasteiger partial charge in [-0.3, -0.25) is 10.4 Å². The second kappa shape index (κ2) is 7.15. The zero-order valence-corrected chi connectivity index (χ0v) is 15.3. The number of halogens is 2. The minimum atomic E-state index is 0.275. The molecule has 0 radical (unpaired) electrons. The predicted octanol–water partition coefficient (Wildman–Crippen LogP) is 4.32. The quantitative estimate of drug-likeness (QED) is 0.843. The number of ether oxygens (including phenoxy) is 2. The fourth-order valence-corrected chi connectivity index (χ4v) is 3.49. The first-order valence-electron chi connectivity index (χ1n) is 7.53. The zero-order valence-electron chi connectivity index (χ0n) is 13.0. The Morgan fingerprint density at radius 1 is 1.08 bits per heavy atom. The van der Waals surface area contributed by atoms with Crippen LogP contribution in [-0.2, 0) is 6.54 Å². The summed E-state index contributed by atoms with van der Waals surface area (Å²) >= 11 is 13.6. The van der Waals surface area contributed by atoms with Crippen molar-refractivity contribution in [3.05, 3.63) is 57.6 Å². The molecule has 2 aliphatic rings. The molecule has 2 aromatic rings. The Bertz CT molecular complexity index is 886. The molecular weight excluding hydrogens is 381 g/mol. The molecule has 0 aromatic heterocycles. The molecule has 0 bridgehead atoms. The third-order valence-electron chi connectivity index (χ3n) is 3.73. The number of rotatable bonds is 3. The van der Waals surface area contributed by atoms with Crippen molar-refractivity contribution in [3.63, 3.8) is 0 Å². The van der Waals surface area contributed by atoms with E-state index in [9.17, 15) is 0 Å². The second-order valence-corrected chi connectivity index (χ2v) is 7.18. The number of nitrogens with one attached hydrogen (secondary N) is 1. The highest BCUT2D eigenvalue weighted by atomic mass is 35.5. The van der Waals surface area contributed by atoms with Gasteiger partial charge in [0.2, 0.25) is 6.79 Å². The molecule has 8 heteroatoms. The smallest absolute Gasteiger partial charge is 0.231 e. The van der Waals surface area contributed by atoms with E-state index in [-0.39, 0.29) is 6.79 Å². The maximum Gasteiger partial charge on any atom is 0.231 e. The third-order valence-corrected chi connectivity index (χ3v) is 5.38. The van der Waals surface area contributed by atoms with Gasteiger partial charge in [0.05, 0.1) is 22.3 Å². The van der Waals surface area contributed by atoms with Crippen molar-refractivity contribution >= 4 is 45.8 Å². The van der Waals surface area contributed by atoms with Crippen LogP contribution in [0.1, 0.15) is 11.1 Å². The molecule has 4 rings (SSSR count). The average Bonchev–Trinajstić information content (AvgIpc) is 3.10. The van der Waals surface area contributed by atoms with E-state index in [4.69, 9.17) is 32.7 Å². The van der Waals surface area contributed by atoms with E-state index in [1.807, 2.05) is 30.3 Å². The SMILES string of the molecule is Clc1ccc(C2=NNC(=NCc3ccc4c(c3)OCO4)SC2)cc1Cl. The molecule has 1 N–H and O–H groups in total. The maximum atomic E-state index is 6.06. The fourth-order valence-electron chi connectivity index (χ4n) is 2.42. The van der Waals surface area contributed by atoms with Crippen LogP contribution in [-0.4, -0.2) is 23.4 Å². The number of hydrogen-bond donors (Lipinski definition) is 1. The van der Waals surface area contributed by atoms with Gasteiger partial charge in [0.1, 0.15) is 0 Å². The maximum absolute atomic E-state index is 6.06. The molecule has 0 spiro atoms. The minimum absolute atomic E-state index is 0.275. The van der Waals surface area contributed by atoms with Gasteiger partial charge in [-0.05, 0) is 29.8 Å². The predicted molar refractivity (Wildman–Crippen MR) is 102 cm³/mol. The molecule has 0 fully saturated rings. The standard InChI is InChI=1S/C17H13Cl2N3O2S/c18-12-3-2-11(6-13(12)19)14-8-25-17(22-21-14)20-7-10-1-4-15-16(5-10)24-9-23-15/h1-6H,7-9H2,(H,20,22). The Balaban J connectivity index is 1.43. The lowest BCUT2D eigenvalue weighted by atomic mass is 10.1. The van der Waals surface area contributed by atoms with Gasteiger partial charge in [-0.2, -0.15) is 5.10 Å². The molecule has 2 aliphatic heterocycles. The van der Waals surface area contributed by atoms with Crippen LogP contribution in [0.2, 0.25) is 10.0 Å². The van der Waals surface area contributed by atoms with E-state index in [0.29, 0.717) is 22.3 Å². The van der Waals surface area contributed by atoms with E-state index in [1.165, 1.54) is 0 Å². The summed E-state index contributed by atoms with van der Waals surface area (Å²) in [6.07, 6.45) is 0. The van der Waals surface area contributed by atoms with Crippen LogP contribution in [0.4, 0.5) is 0 Å². The van der Waals surface area contributed by atoms with E-state index in [1.54, 1.807) is 17.8 Å². The van der Waals surface area contributed by atoms with Crippen LogP contribution >= 0.6 is 35.0 Å². The molecule has 2 aromatic carbocycles.